The molecule has 1 heterocycles. The first-order valence-electron chi connectivity index (χ1n) is 8.31. The van der Waals surface area contributed by atoms with E-state index < -0.39 is 31.1 Å². The Bertz CT molecular complexity index is 766. The maximum absolute atomic E-state index is 12.7. The van der Waals surface area contributed by atoms with Crippen molar-refractivity contribution in [2.45, 2.75) is 49.2 Å². The van der Waals surface area contributed by atoms with E-state index in [9.17, 15) is 27.3 Å². The third-order valence-electron chi connectivity index (χ3n) is 5.54. The quantitative estimate of drug-likeness (QED) is 0.592. The SMILES string of the molecule is O=[N+]([O-])c1cc(S(=O)(=O)C(F)F)ccc1N1CCC2(CCCC2)CC1. The van der Waals surface area contributed by atoms with E-state index in [1.54, 1.807) is 0 Å². The zero-order valence-corrected chi connectivity index (χ0v) is 14.5. The number of rotatable bonds is 4. The number of nitrogens with zero attached hydrogens (tertiary/aromatic N) is 2. The van der Waals surface area contributed by atoms with Crippen LogP contribution < -0.4 is 4.90 Å². The lowest BCUT2D eigenvalue weighted by molar-refractivity contribution is -0.384. The zero-order valence-electron chi connectivity index (χ0n) is 13.7. The maximum atomic E-state index is 12.7. The molecule has 0 radical (unpaired) electrons. The number of sulfone groups is 1. The van der Waals surface area contributed by atoms with Crippen LogP contribution in [-0.2, 0) is 9.84 Å². The van der Waals surface area contributed by atoms with Crippen LogP contribution in [0.2, 0.25) is 0 Å². The van der Waals surface area contributed by atoms with Gasteiger partial charge in [-0.25, -0.2) is 8.42 Å². The number of anilines is 1. The van der Waals surface area contributed by atoms with Gasteiger partial charge in [-0.2, -0.15) is 8.78 Å². The van der Waals surface area contributed by atoms with Gasteiger partial charge in [-0.05, 0) is 43.2 Å². The van der Waals surface area contributed by atoms with Crippen molar-refractivity contribution in [3.63, 3.8) is 0 Å². The standard InChI is InChI=1S/C16H20F2N2O4S/c17-15(18)25(23,24)12-3-4-13(14(11-12)20(21)22)19-9-7-16(8-10-19)5-1-2-6-16/h3-4,11,15H,1-2,5-10H2. The monoisotopic (exact) mass is 374 g/mol. The zero-order chi connectivity index (χ0) is 18.2. The fraction of sp³-hybridized carbons (Fsp3) is 0.625. The van der Waals surface area contributed by atoms with Crippen LogP contribution in [0.4, 0.5) is 20.2 Å². The molecule has 0 atom stereocenters. The van der Waals surface area contributed by atoms with Crippen LogP contribution in [0.1, 0.15) is 38.5 Å². The van der Waals surface area contributed by atoms with Crippen molar-refractivity contribution in [1.29, 1.82) is 0 Å². The molecule has 0 bridgehead atoms. The summed E-state index contributed by atoms with van der Waals surface area (Å²) in [5.74, 6) is -3.60. The predicted molar refractivity (Wildman–Crippen MR) is 88.6 cm³/mol. The summed E-state index contributed by atoms with van der Waals surface area (Å²) in [5.41, 5.74) is 0.194. The molecular weight excluding hydrogens is 354 g/mol. The molecule has 1 aromatic rings. The summed E-state index contributed by atoms with van der Waals surface area (Å²) in [4.78, 5) is 11.8. The Morgan fingerprint density at radius 2 is 1.72 bits per heavy atom. The molecule has 0 aromatic heterocycles. The van der Waals surface area contributed by atoms with Crippen molar-refractivity contribution in [3.05, 3.63) is 28.3 Å². The van der Waals surface area contributed by atoms with E-state index in [1.807, 2.05) is 4.90 Å². The van der Waals surface area contributed by atoms with Crippen molar-refractivity contribution in [3.8, 4) is 0 Å². The van der Waals surface area contributed by atoms with Crippen molar-refractivity contribution in [2.75, 3.05) is 18.0 Å². The first-order valence-corrected chi connectivity index (χ1v) is 9.85. The fourth-order valence-electron chi connectivity index (χ4n) is 4.04. The number of piperidine rings is 1. The van der Waals surface area contributed by atoms with Gasteiger partial charge >= 0.3 is 5.76 Å². The van der Waals surface area contributed by atoms with E-state index in [2.05, 4.69) is 0 Å². The molecule has 1 aromatic carbocycles. The number of nitro benzene ring substituents is 1. The highest BCUT2D eigenvalue weighted by Gasteiger charge is 2.38. The van der Waals surface area contributed by atoms with Crippen LogP contribution in [0.15, 0.2) is 23.1 Å². The van der Waals surface area contributed by atoms with E-state index in [0.29, 0.717) is 24.2 Å². The minimum absolute atomic E-state index is 0.297. The van der Waals surface area contributed by atoms with Gasteiger partial charge in [-0.15, -0.1) is 0 Å². The van der Waals surface area contributed by atoms with Gasteiger partial charge in [-0.1, -0.05) is 12.8 Å². The van der Waals surface area contributed by atoms with Gasteiger partial charge in [0.2, 0.25) is 9.84 Å². The number of halogens is 2. The Morgan fingerprint density at radius 3 is 2.24 bits per heavy atom. The average molecular weight is 374 g/mol. The molecule has 138 valence electrons. The highest BCUT2D eigenvalue weighted by atomic mass is 32.2. The van der Waals surface area contributed by atoms with Crippen LogP contribution in [0.3, 0.4) is 0 Å². The molecule has 0 unspecified atom stereocenters. The minimum Gasteiger partial charge on any atom is -0.366 e. The molecule has 2 aliphatic rings. The minimum atomic E-state index is -4.85. The third-order valence-corrected chi connectivity index (χ3v) is 6.92. The predicted octanol–water partition coefficient (Wildman–Crippen LogP) is 3.75. The molecule has 2 fully saturated rings. The van der Waals surface area contributed by atoms with E-state index in [0.717, 1.165) is 25.0 Å². The molecule has 1 aliphatic carbocycles. The third kappa shape index (κ3) is 3.33. The van der Waals surface area contributed by atoms with Gasteiger partial charge in [-0.3, -0.25) is 10.1 Å². The highest BCUT2D eigenvalue weighted by Crippen LogP contribution is 2.47. The Balaban J connectivity index is 1.88. The molecule has 1 saturated heterocycles. The van der Waals surface area contributed by atoms with Crippen molar-refractivity contribution in [1.82, 2.24) is 0 Å². The molecule has 1 aliphatic heterocycles. The molecule has 6 nitrogen and oxygen atoms in total. The lowest BCUT2D eigenvalue weighted by Crippen LogP contribution is -2.39. The second-order valence-electron chi connectivity index (χ2n) is 6.91. The van der Waals surface area contributed by atoms with E-state index in [1.165, 1.54) is 31.7 Å². The van der Waals surface area contributed by atoms with Gasteiger partial charge in [0.05, 0.1) is 9.82 Å². The Labute approximate surface area is 144 Å². The van der Waals surface area contributed by atoms with Crippen LogP contribution >= 0.6 is 0 Å². The summed E-state index contributed by atoms with van der Waals surface area (Å²) < 4.78 is 48.5. The largest absolute Gasteiger partial charge is 0.366 e. The Morgan fingerprint density at radius 1 is 1.12 bits per heavy atom. The van der Waals surface area contributed by atoms with Crippen molar-refractivity contribution < 1.29 is 22.1 Å². The number of nitro groups is 1. The molecular formula is C16H20F2N2O4S. The summed E-state index contributed by atoms with van der Waals surface area (Å²) in [6.45, 7) is 1.31. The van der Waals surface area contributed by atoms with Crippen molar-refractivity contribution in [2.24, 2.45) is 5.41 Å². The summed E-state index contributed by atoms with van der Waals surface area (Å²) in [6, 6.07) is 3.06. The second kappa shape index (κ2) is 6.51. The molecule has 0 N–H and O–H groups in total. The molecule has 1 saturated carbocycles. The van der Waals surface area contributed by atoms with Gasteiger partial charge in [0.1, 0.15) is 5.69 Å². The lowest BCUT2D eigenvalue weighted by Gasteiger charge is -2.40. The van der Waals surface area contributed by atoms with Crippen LogP contribution in [0.5, 0.6) is 0 Å². The Hall–Kier alpha value is -1.77. The summed E-state index contributed by atoms with van der Waals surface area (Å²) in [5, 5.41) is 11.4. The average Bonchev–Trinajstić information content (AvgIpc) is 3.03. The summed E-state index contributed by atoms with van der Waals surface area (Å²) in [7, 11) is -4.85. The number of benzene rings is 1. The number of alkyl halides is 2. The van der Waals surface area contributed by atoms with Crippen LogP contribution in [-0.4, -0.2) is 32.2 Å². The number of hydrogen-bond donors (Lipinski definition) is 0. The van der Waals surface area contributed by atoms with E-state index in [-0.39, 0.29) is 0 Å². The number of hydrogen-bond acceptors (Lipinski definition) is 5. The normalized spacial score (nSPS) is 20.4. The summed E-state index contributed by atoms with van der Waals surface area (Å²) >= 11 is 0. The van der Waals surface area contributed by atoms with E-state index >= 15 is 0 Å². The molecule has 9 heteroatoms. The smallest absolute Gasteiger partial charge is 0.341 e. The molecule has 3 rings (SSSR count). The fourth-order valence-corrected chi connectivity index (χ4v) is 4.78. The van der Waals surface area contributed by atoms with Crippen LogP contribution in [0, 0.1) is 15.5 Å². The molecule has 0 amide bonds. The van der Waals surface area contributed by atoms with Crippen LogP contribution in [0.25, 0.3) is 0 Å². The highest BCUT2D eigenvalue weighted by molar-refractivity contribution is 7.91. The van der Waals surface area contributed by atoms with Gasteiger partial charge in [0.25, 0.3) is 5.69 Å². The molecule has 1 spiro atoms. The van der Waals surface area contributed by atoms with Gasteiger partial charge in [0, 0.05) is 19.2 Å². The second-order valence-corrected chi connectivity index (χ2v) is 8.83. The summed E-state index contributed by atoms with van der Waals surface area (Å²) in [6.07, 6.45) is 6.71. The topological polar surface area (TPSA) is 80.5 Å². The lowest BCUT2D eigenvalue weighted by atomic mass is 9.77. The van der Waals surface area contributed by atoms with E-state index in [4.69, 9.17) is 0 Å². The van der Waals surface area contributed by atoms with Crippen molar-refractivity contribution >= 4 is 21.2 Å². The first-order chi connectivity index (χ1) is 11.8. The van der Waals surface area contributed by atoms with Gasteiger partial charge in [0.15, 0.2) is 0 Å². The van der Waals surface area contributed by atoms with Gasteiger partial charge < -0.3 is 4.90 Å². The maximum Gasteiger partial charge on any atom is 0.341 e. The first kappa shape index (κ1) is 18.0. The Kier molecular flexibility index (Phi) is 4.70. The molecule has 25 heavy (non-hydrogen) atoms.